The van der Waals surface area contributed by atoms with Gasteiger partial charge in [0.05, 0.1) is 0 Å². The largest absolute Gasteiger partial charge is 0.311 e. The highest BCUT2D eigenvalue weighted by atomic mass is 15.3. The van der Waals surface area contributed by atoms with Crippen molar-refractivity contribution >= 4 is 0 Å². The molecule has 0 atom stereocenters. The van der Waals surface area contributed by atoms with Gasteiger partial charge in [0.1, 0.15) is 0 Å². The molecule has 0 unspecified atom stereocenters. The Morgan fingerprint density at radius 3 is 1.38 bits per heavy atom. The first-order chi connectivity index (χ1) is 10.3. The smallest absolute Gasteiger partial charge is 0.0173 e. The molecule has 144 valence electrons. The fraction of sp³-hybridized carbons (Fsp3) is 1.00. The summed E-state index contributed by atoms with van der Waals surface area (Å²) in [6, 6.07) is 1.02. The van der Waals surface area contributed by atoms with Crippen molar-refractivity contribution < 1.29 is 0 Å². The summed E-state index contributed by atoms with van der Waals surface area (Å²) in [4.78, 5) is 2.79. The molecular weight excluding hydrogens is 292 g/mol. The molecule has 0 aliphatic carbocycles. The van der Waals surface area contributed by atoms with E-state index in [0.29, 0.717) is 12.1 Å². The molecule has 0 radical (unpaired) electrons. The van der Waals surface area contributed by atoms with Crippen LogP contribution in [0.4, 0.5) is 0 Å². The minimum absolute atomic E-state index is 0.150. The average Bonchev–Trinajstić information content (AvgIpc) is 2.16. The molecule has 2 nitrogen and oxygen atoms in total. The average molecular weight is 339 g/mol. The molecule has 1 rings (SSSR count). The summed E-state index contributed by atoms with van der Waals surface area (Å²) in [7, 11) is 0. The molecular formula is C22H46N2. The van der Waals surface area contributed by atoms with Gasteiger partial charge in [0, 0.05) is 28.7 Å². The van der Waals surface area contributed by atoms with Crippen molar-refractivity contribution in [3.63, 3.8) is 0 Å². The van der Waals surface area contributed by atoms with Crippen molar-refractivity contribution in [3.8, 4) is 0 Å². The zero-order valence-electron chi connectivity index (χ0n) is 19.0. The van der Waals surface area contributed by atoms with Crippen LogP contribution in [0.25, 0.3) is 0 Å². The second kappa shape index (κ2) is 6.27. The SMILES string of the molecule is CC(C)NC1C(C)(C)CC(C)(C)N(C(C)(C)C)C(C)(C)CC1(C)C. The lowest BCUT2D eigenvalue weighted by molar-refractivity contribution is -0.122. The van der Waals surface area contributed by atoms with Crippen LogP contribution < -0.4 is 5.32 Å². The number of hydrogen-bond acceptors (Lipinski definition) is 2. The first kappa shape index (κ1) is 22.0. The van der Waals surface area contributed by atoms with Crippen molar-refractivity contribution in [2.75, 3.05) is 0 Å². The second-order valence-corrected chi connectivity index (χ2v) is 12.2. The first-order valence-electron chi connectivity index (χ1n) is 9.89. The molecule has 1 aliphatic rings. The molecule has 24 heavy (non-hydrogen) atoms. The lowest BCUT2D eigenvalue weighted by Gasteiger charge is -2.63. The topological polar surface area (TPSA) is 15.3 Å². The Kier molecular flexibility index (Phi) is 5.73. The molecule has 0 saturated carbocycles. The highest BCUT2D eigenvalue weighted by Crippen LogP contribution is 2.51. The molecule has 0 spiro atoms. The molecule has 0 aromatic rings. The Bertz CT molecular complexity index is 405. The summed E-state index contributed by atoms with van der Waals surface area (Å²) in [5.41, 5.74) is 0.920. The molecule has 1 saturated heterocycles. The summed E-state index contributed by atoms with van der Waals surface area (Å²) in [6.45, 7) is 31.4. The van der Waals surface area contributed by atoms with Gasteiger partial charge in [-0.25, -0.2) is 0 Å². The number of likely N-dealkylation sites (tertiary alicyclic amines) is 1. The Balaban J connectivity index is 3.50. The van der Waals surface area contributed by atoms with Crippen LogP contribution in [-0.2, 0) is 0 Å². The number of nitrogens with one attached hydrogen (secondary N) is 1. The summed E-state index contributed by atoms with van der Waals surface area (Å²) >= 11 is 0. The van der Waals surface area contributed by atoms with Gasteiger partial charge in [0.15, 0.2) is 0 Å². The highest BCUT2D eigenvalue weighted by Gasteiger charge is 2.54. The van der Waals surface area contributed by atoms with Gasteiger partial charge in [-0.3, -0.25) is 4.90 Å². The Labute approximate surface area is 153 Å². The second-order valence-electron chi connectivity index (χ2n) is 12.2. The van der Waals surface area contributed by atoms with Crippen LogP contribution in [0.5, 0.6) is 0 Å². The van der Waals surface area contributed by atoms with Crippen molar-refractivity contribution in [2.45, 2.75) is 132 Å². The monoisotopic (exact) mass is 338 g/mol. The van der Waals surface area contributed by atoms with Crippen LogP contribution in [-0.4, -0.2) is 33.6 Å². The molecule has 0 aromatic carbocycles. The lowest BCUT2D eigenvalue weighted by atomic mass is 9.59. The van der Waals surface area contributed by atoms with E-state index < -0.39 is 0 Å². The zero-order chi connectivity index (χ0) is 19.4. The minimum Gasteiger partial charge on any atom is -0.311 e. The minimum atomic E-state index is 0.150. The number of hydrogen-bond donors (Lipinski definition) is 1. The van der Waals surface area contributed by atoms with E-state index in [2.05, 4.69) is 100 Å². The quantitative estimate of drug-likeness (QED) is 0.678. The van der Waals surface area contributed by atoms with Crippen molar-refractivity contribution in [1.29, 1.82) is 0 Å². The van der Waals surface area contributed by atoms with E-state index in [1.807, 2.05) is 0 Å². The van der Waals surface area contributed by atoms with E-state index in [1.165, 1.54) is 12.8 Å². The third-order valence-electron chi connectivity index (χ3n) is 5.72. The van der Waals surface area contributed by atoms with Crippen LogP contribution in [0.2, 0.25) is 0 Å². The molecule has 0 bridgehead atoms. The fourth-order valence-electron chi connectivity index (χ4n) is 7.07. The molecule has 1 heterocycles. The van der Waals surface area contributed by atoms with Crippen LogP contribution >= 0.6 is 0 Å². The molecule has 1 aliphatic heterocycles. The van der Waals surface area contributed by atoms with Crippen molar-refractivity contribution in [1.82, 2.24) is 10.2 Å². The normalized spacial score (nSPS) is 27.8. The van der Waals surface area contributed by atoms with Crippen molar-refractivity contribution in [3.05, 3.63) is 0 Å². The van der Waals surface area contributed by atoms with E-state index in [9.17, 15) is 0 Å². The van der Waals surface area contributed by atoms with Gasteiger partial charge in [0.2, 0.25) is 0 Å². The molecule has 2 heteroatoms. The highest BCUT2D eigenvalue weighted by molar-refractivity contribution is 5.09. The molecule has 0 amide bonds. The zero-order valence-corrected chi connectivity index (χ0v) is 19.0. The van der Waals surface area contributed by atoms with Crippen LogP contribution in [0.15, 0.2) is 0 Å². The van der Waals surface area contributed by atoms with Gasteiger partial charge in [-0.05, 0) is 72.1 Å². The maximum absolute atomic E-state index is 3.94. The third-order valence-corrected chi connectivity index (χ3v) is 5.72. The molecule has 0 aromatic heterocycles. The van der Waals surface area contributed by atoms with Crippen LogP contribution in [0, 0.1) is 10.8 Å². The van der Waals surface area contributed by atoms with Crippen LogP contribution in [0.3, 0.4) is 0 Å². The van der Waals surface area contributed by atoms with E-state index >= 15 is 0 Å². The summed E-state index contributed by atoms with van der Waals surface area (Å²) < 4.78 is 0. The van der Waals surface area contributed by atoms with E-state index in [4.69, 9.17) is 0 Å². The summed E-state index contributed by atoms with van der Waals surface area (Å²) in [6.07, 6.45) is 2.38. The predicted molar refractivity (Wildman–Crippen MR) is 109 cm³/mol. The van der Waals surface area contributed by atoms with Crippen LogP contribution in [0.1, 0.15) is 103 Å². The van der Waals surface area contributed by atoms with E-state index in [-0.39, 0.29) is 27.4 Å². The fourth-order valence-corrected chi connectivity index (χ4v) is 7.07. The van der Waals surface area contributed by atoms with E-state index in [0.717, 1.165) is 0 Å². The number of rotatable bonds is 2. The predicted octanol–water partition coefficient (Wildman–Crippen LogP) is 5.86. The molecule has 1 fully saturated rings. The number of nitrogens with zero attached hydrogens (tertiary/aromatic N) is 1. The Hall–Kier alpha value is -0.0800. The van der Waals surface area contributed by atoms with Gasteiger partial charge < -0.3 is 5.32 Å². The van der Waals surface area contributed by atoms with Gasteiger partial charge in [-0.15, -0.1) is 0 Å². The standard InChI is InChI=1S/C22H46N2/c1-16(2)23-17-19(6,7)14-21(10,11)24(18(3,4)5)22(12,13)15-20(17,8)9/h16-17,23H,14-15H2,1-13H3. The summed E-state index contributed by atoms with van der Waals surface area (Å²) in [5, 5.41) is 3.94. The lowest BCUT2D eigenvalue weighted by Crippen LogP contribution is -2.69. The van der Waals surface area contributed by atoms with Crippen molar-refractivity contribution in [2.24, 2.45) is 10.8 Å². The Morgan fingerprint density at radius 1 is 0.792 bits per heavy atom. The Morgan fingerprint density at radius 2 is 1.12 bits per heavy atom. The first-order valence-corrected chi connectivity index (χ1v) is 9.89. The summed E-state index contributed by atoms with van der Waals surface area (Å²) in [5.74, 6) is 0. The third kappa shape index (κ3) is 4.55. The maximum atomic E-state index is 3.94. The molecule has 1 N–H and O–H groups in total. The van der Waals surface area contributed by atoms with Gasteiger partial charge in [0.25, 0.3) is 0 Å². The maximum Gasteiger partial charge on any atom is 0.0173 e. The van der Waals surface area contributed by atoms with Gasteiger partial charge in [-0.2, -0.15) is 0 Å². The van der Waals surface area contributed by atoms with Gasteiger partial charge >= 0.3 is 0 Å². The van der Waals surface area contributed by atoms with Gasteiger partial charge in [-0.1, -0.05) is 41.5 Å². The van der Waals surface area contributed by atoms with E-state index in [1.54, 1.807) is 0 Å².